The molecule has 1 fully saturated rings. The van der Waals surface area contributed by atoms with Gasteiger partial charge in [-0.3, -0.25) is 19.5 Å². The topological polar surface area (TPSA) is 82.5 Å². The van der Waals surface area contributed by atoms with Crippen LogP contribution >= 0.6 is 0 Å². The number of carbonyl (C=O) groups excluding carboxylic acids is 1. The Morgan fingerprint density at radius 2 is 2.37 bits per heavy atom. The summed E-state index contributed by atoms with van der Waals surface area (Å²) in [7, 11) is 0. The van der Waals surface area contributed by atoms with Gasteiger partial charge in [-0.05, 0) is 18.6 Å². The SMILES string of the molecule is O=C(O)CCC1CNC(=O)CN1Cc1ccccn1. The number of carboxylic acids is 1. The summed E-state index contributed by atoms with van der Waals surface area (Å²) < 4.78 is 0. The molecule has 0 aromatic carbocycles. The molecule has 0 radical (unpaired) electrons. The number of nitrogens with zero attached hydrogens (tertiary/aromatic N) is 2. The zero-order valence-corrected chi connectivity index (χ0v) is 10.6. The molecule has 1 aliphatic heterocycles. The number of rotatable bonds is 5. The Morgan fingerprint density at radius 1 is 1.53 bits per heavy atom. The monoisotopic (exact) mass is 263 g/mol. The summed E-state index contributed by atoms with van der Waals surface area (Å²) in [6.07, 6.45) is 2.35. The van der Waals surface area contributed by atoms with Crippen molar-refractivity contribution in [3.05, 3.63) is 30.1 Å². The molecule has 2 N–H and O–H groups in total. The molecule has 1 aromatic rings. The van der Waals surface area contributed by atoms with E-state index in [0.29, 0.717) is 26.1 Å². The van der Waals surface area contributed by atoms with Gasteiger partial charge < -0.3 is 10.4 Å². The Hall–Kier alpha value is -1.95. The highest BCUT2D eigenvalue weighted by Crippen LogP contribution is 2.13. The Bertz CT molecular complexity index is 450. The van der Waals surface area contributed by atoms with Crippen LogP contribution in [0.25, 0.3) is 0 Å². The first-order valence-corrected chi connectivity index (χ1v) is 6.27. The lowest BCUT2D eigenvalue weighted by molar-refractivity contribution is -0.137. The predicted molar refractivity (Wildman–Crippen MR) is 68.3 cm³/mol. The number of amides is 1. The minimum absolute atomic E-state index is 0.0255. The lowest BCUT2D eigenvalue weighted by Crippen LogP contribution is -2.53. The first kappa shape index (κ1) is 13.5. The summed E-state index contributed by atoms with van der Waals surface area (Å²) in [6, 6.07) is 5.70. The average Bonchev–Trinajstić information content (AvgIpc) is 2.39. The highest BCUT2D eigenvalue weighted by atomic mass is 16.4. The molecule has 1 amide bonds. The van der Waals surface area contributed by atoms with Gasteiger partial charge in [-0.25, -0.2) is 0 Å². The van der Waals surface area contributed by atoms with Gasteiger partial charge in [-0.15, -0.1) is 0 Å². The summed E-state index contributed by atoms with van der Waals surface area (Å²) in [4.78, 5) is 28.3. The Morgan fingerprint density at radius 3 is 3.05 bits per heavy atom. The summed E-state index contributed by atoms with van der Waals surface area (Å²) >= 11 is 0. The quantitative estimate of drug-likeness (QED) is 0.795. The third-order valence-electron chi connectivity index (χ3n) is 3.18. The molecule has 1 unspecified atom stereocenters. The lowest BCUT2D eigenvalue weighted by atomic mass is 10.1. The Labute approximate surface area is 111 Å². The molecule has 1 aliphatic rings. The summed E-state index contributed by atoms with van der Waals surface area (Å²) in [5.74, 6) is -0.836. The Balaban J connectivity index is 1.99. The van der Waals surface area contributed by atoms with E-state index >= 15 is 0 Å². The van der Waals surface area contributed by atoms with E-state index in [0.717, 1.165) is 5.69 Å². The van der Waals surface area contributed by atoms with E-state index in [-0.39, 0.29) is 18.4 Å². The van der Waals surface area contributed by atoms with Crippen molar-refractivity contribution < 1.29 is 14.7 Å². The molecular formula is C13H17N3O3. The molecule has 0 saturated carbocycles. The highest BCUT2D eigenvalue weighted by Gasteiger charge is 2.26. The molecule has 6 nitrogen and oxygen atoms in total. The smallest absolute Gasteiger partial charge is 0.303 e. The molecule has 1 saturated heterocycles. The second kappa shape index (κ2) is 6.29. The van der Waals surface area contributed by atoms with Crippen molar-refractivity contribution in [3.8, 4) is 0 Å². The highest BCUT2D eigenvalue weighted by molar-refractivity contribution is 5.79. The maximum absolute atomic E-state index is 11.5. The summed E-state index contributed by atoms with van der Waals surface area (Å²) in [5.41, 5.74) is 0.887. The molecule has 19 heavy (non-hydrogen) atoms. The van der Waals surface area contributed by atoms with Gasteiger partial charge >= 0.3 is 5.97 Å². The second-order valence-electron chi connectivity index (χ2n) is 4.62. The number of piperazine rings is 1. The molecule has 0 bridgehead atoms. The van der Waals surface area contributed by atoms with Crippen LogP contribution in [0, 0.1) is 0 Å². The van der Waals surface area contributed by atoms with E-state index in [1.165, 1.54) is 0 Å². The van der Waals surface area contributed by atoms with Crippen molar-refractivity contribution in [2.24, 2.45) is 0 Å². The molecule has 102 valence electrons. The van der Waals surface area contributed by atoms with Crippen molar-refractivity contribution in [3.63, 3.8) is 0 Å². The van der Waals surface area contributed by atoms with Crippen LogP contribution in [0.2, 0.25) is 0 Å². The van der Waals surface area contributed by atoms with Crippen LogP contribution in [0.15, 0.2) is 24.4 Å². The number of carboxylic acid groups (broad SMARTS) is 1. The maximum atomic E-state index is 11.5. The van der Waals surface area contributed by atoms with E-state index in [2.05, 4.69) is 10.3 Å². The first-order valence-electron chi connectivity index (χ1n) is 6.27. The first-order chi connectivity index (χ1) is 9.15. The zero-order valence-electron chi connectivity index (χ0n) is 10.6. The van der Waals surface area contributed by atoms with Crippen LogP contribution < -0.4 is 5.32 Å². The van der Waals surface area contributed by atoms with Crippen LogP contribution in [-0.4, -0.2) is 46.0 Å². The van der Waals surface area contributed by atoms with E-state index in [4.69, 9.17) is 5.11 Å². The zero-order chi connectivity index (χ0) is 13.7. The average molecular weight is 263 g/mol. The molecular weight excluding hydrogens is 246 g/mol. The predicted octanol–water partition coefficient (Wildman–Crippen LogP) is 0.247. The Kier molecular flexibility index (Phi) is 4.46. The normalized spacial score (nSPS) is 20.0. The second-order valence-corrected chi connectivity index (χ2v) is 4.62. The third kappa shape index (κ3) is 4.03. The van der Waals surface area contributed by atoms with Gasteiger partial charge in [0.25, 0.3) is 0 Å². The molecule has 0 aliphatic carbocycles. The van der Waals surface area contributed by atoms with Crippen molar-refractivity contribution in [1.29, 1.82) is 0 Å². The van der Waals surface area contributed by atoms with Gasteiger partial charge in [0.1, 0.15) is 0 Å². The van der Waals surface area contributed by atoms with Crippen molar-refractivity contribution in [2.75, 3.05) is 13.1 Å². The van der Waals surface area contributed by atoms with Crippen molar-refractivity contribution in [1.82, 2.24) is 15.2 Å². The number of pyridine rings is 1. The summed E-state index contributed by atoms with van der Waals surface area (Å²) in [5, 5.41) is 11.5. The standard InChI is InChI=1S/C13H17N3O3/c17-12-9-16(8-10-3-1-2-6-14-10)11(7-15-12)4-5-13(18)19/h1-3,6,11H,4-5,7-9H2,(H,15,17)(H,18,19). The van der Waals surface area contributed by atoms with Crippen LogP contribution in [0.5, 0.6) is 0 Å². The number of hydrogen-bond donors (Lipinski definition) is 2. The van der Waals surface area contributed by atoms with Gasteiger partial charge in [0, 0.05) is 31.7 Å². The summed E-state index contributed by atoms with van der Waals surface area (Å²) in [6.45, 7) is 1.36. The largest absolute Gasteiger partial charge is 0.481 e. The van der Waals surface area contributed by atoms with Crippen LogP contribution in [0.3, 0.4) is 0 Å². The minimum Gasteiger partial charge on any atom is -0.481 e. The van der Waals surface area contributed by atoms with E-state index in [9.17, 15) is 9.59 Å². The van der Waals surface area contributed by atoms with Crippen molar-refractivity contribution in [2.45, 2.75) is 25.4 Å². The van der Waals surface area contributed by atoms with Gasteiger partial charge in [0.15, 0.2) is 0 Å². The fourth-order valence-electron chi connectivity index (χ4n) is 2.19. The molecule has 1 atom stereocenters. The molecule has 1 aromatic heterocycles. The third-order valence-corrected chi connectivity index (χ3v) is 3.18. The number of aliphatic carboxylic acids is 1. The van der Waals surface area contributed by atoms with E-state index in [1.807, 2.05) is 23.1 Å². The molecule has 0 spiro atoms. The maximum Gasteiger partial charge on any atom is 0.303 e. The van der Waals surface area contributed by atoms with Crippen LogP contribution in [-0.2, 0) is 16.1 Å². The molecule has 6 heteroatoms. The number of carbonyl (C=O) groups is 2. The number of aromatic nitrogens is 1. The fraction of sp³-hybridized carbons (Fsp3) is 0.462. The number of hydrogen-bond acceptors (Lipinski definition) is 4. The van der Waals surface area contributed by atoms with E-state index in [1.54, 1.807) is 6.20 Å². The van der Waals surface area contributed by atoms with E-state index < -0.39 is 5.97 Å². The number of nitrogens with one attached hydrogen (secondary N) is 1. The molecule has 2 rings (SSSR count). The van der Waals surface area contributed by atoms with Crippen LogP contribution in [0.1, 0.15) is 18.5 Å². The van der Waals surface area contributed by atoms with Gasteiger partial charge in [-0.2, -0.15) is 0 Å². The molecule has 2 heterocycles. The van der Waals surface area contributed by atoms with Gasteiger partial charge in [0.05, 0.1) is 12.2 Å². The van der Waals surface area contributed by atoms with Crippen LogP contribution in [0.4, 0.5) is 0 Å². The van der Waals surface area contributed by atoms with Crippen molar-refractivity contribution >= 4 is 11.9 Å². The van der Waals surface area contributed by atoms with Gasteiger partial charge in [-0.1, -0.05) is 6.07 Å². The lowest BCUT2D eigenvalue weighted by Gasteiger charge is -2.35. The minimum atomic E-state index is -0.810. The van der Waals surface area contributed by atoms with Gasteiger partial charge in [0.2, 0.25) is 5.91 Å². The fourth-order valence-corrected chi connectivity index (χ4v) is 2.19.